The van der Waals surface area contributed by atoms with Gasteiger partial charge in [0, 0.05) is 19.0 Å². The average Bonchev–Trinajstić information content (AvgIpc) is 2.96. The van der Waals surface area contributed by atoms with Gasteiger partial charge in [0.25, 0.3) is 0 Å². The largest absolute Gasteiger partial charge is 0.489 e. The van der Waals surface area contributed by atoms with Gasteiger partial charge in [-0.3, -0.25) is 0 Å². The summed E-state index contributed by atoms with van der Waals surface area (Å²) >= 11 is 0. The maximum atomic E-state index is 9.10. The van der Waals surface area contributed by atoms with Gasteiger partial charge in [0.15, 0.2) is 0 Å². The van der Waals surface area contributed by atoms with Crippen LogP contribution in [0.4, 0.5) is 0 Å². The molecule has 3 heteroatoms. The van der Waals surface area contributed by atoms with Gasteiger partial charge in [-0.25, -0.2) is 0 Å². The Kier molecular flexibility index (Phi) is 7.04. The molecule has 1 aliphatic heterocycles. The Morgan fingerprint density at radius 2 is 1.90 bits per heavy atom. The van der Waals surface area contributed by atoms with Crippen LogP contribution >= 0.6 is 0 Å². The lowest BCUT2D eigenvalue weighted by Crippen LogP contribution is -2.25. The highest BCUT2D eigenvalue weighted by atomic mass is 16.5. The summed E-state index contributed by atoms with van der Waals surface area (Å²) in [6.45, 7) is 3.27. The van der Waals surface area contributed by atoms with Gasteiger partial charge in [-0.1, -0.05) is 44.7 Å². The highest BCUT2D eigenvalue weighted by Gasteiger charge is 2.24. The lowest BCUT2D eigenvalue weighted by Gasteiger charge is -2.13. The Balaban J connectivity index is 1.69. The van der Waals surface area contributed by atoms with Crippen LogP contribution < -0.4 is 10.1 Å². The van der Waals surface area contributed by atoms with Crippen LogP contribution in [0.2, 0.25) is 0 Å². The Labute approximate surface area is 128 Å². The zero-order chi connectivity index (χ0) is 14.9. The maximum absolute atomic E-state index is 9.10. The molecule has 0 saturated carbocycles. The molecule has 1 fully saturated rings. The maximum Gasteiger partial charge on any atom is 0.119 e. The second kappa shape index (κ2) is 9.06. The summed E-state index contributed by atoms with van der Waals surface area (Å²) in [5.41, 5.74) is 1.40. The van der Waals surface area contributed by atoms with Crippen LogP contribution in [0.5, 0.6) is 5.75 Å². The van der Waals surface area contributed by atoms with Crippen LogP contribution in [0.15, 0.2) is 24.3 Å². The third kappa shape index (κ3) is 5.68. The molecule has 2 atom stereocenters. The van der Waals surface area contributed by atoms with E-state index in [9.17, 15) is 0 Å². The van der Waals surface area contributed by atoms with Crippen LogP contribution in [0.1, 0.15) is 51.0 Å². The molecular weight excluding hydrogens is 262 g/mol. The number of rotatable bonds is 9. The molecule has 1 aromatic carbocycles. The third-order valence-corrected chi connectivity index (χ3v) is 4.20. The molecule has 1 aromatic rings. The van der Waals surface area contributed by atoms with Gasteiger partial charge in [0.05, 0.1) is 6.61 Å². The third-order valence-electron chi connectivity index (χ3n) is 4.20. The molecule has 0 spiro atoms. The first-order chi connectivity index (χ1) is 10.3. The summed E-state index contributed by atoms with van der Waals surface area (Å²) in [5.74, 6) is 0.940. The quantitative estimate of drug-likeness (QED) is 0.686. The minimum absolute atomic E-state index is 0.182. The number of aliphatic hydroxyl groups is 1. The van der Waals surface area contributed by atoms with Gasteiger partial charge in [0.1, 0.15) is 11.9 Å². The standard InChI is InChI=1S/C18H29NO2/c1-2-3-4-5-6-7-15-8-10-17(11-9-15)21-18-12-16(14-20)19-13-18/h8-11,16,18-20H,2-7,12-14H2,1H3/t16-,18-/m0/s1. The van der Waals surface area contributed by atoms with E-state index in [-0.39, 0.29) is 18.8 Å². The van der Waals surface area contributed by atoms with E-state index in [1.807, 2.05) is 0 Å². The van der Waals surface area contributed by atoms with E-state index in [0.717, 1.165) is 18.7 Å². The minimum Gasteiger partial charge on any atom is -0.489 e. The van der Waals surface area contributed by atoms with Crippen molar-refractivity contribution in [3.05, 3.63) is 29.8 Å². The SMILES string of the molecule is CCCCCCCc1ccc(O[C@@H]2CN[C@H](CO)C2)cc1. The number of aryl methyl sites for hydroxylation is 1. The monoisotopic (exact) mass is 291 g/mol. The Bertz CT molecular complexity index is 391. The summed E-state index contributed by atoms with van der Waals surface area (Å²) in [5, 5.41) is 12.4. The molecule has 0 aromatic heterocycles. The van der Waals surface area contributed by atoms with Crippen LogP contribution in [0, 0.1) is 0 Å². The molecule has 0 aliphatic carbocycles. The molecule has 1 heterocycles. The molecule has 0 radical (unpaired) electrons. The van der Waals surface area contributed by atoms with Gasteiger partial charge < -0.3 is 15.2 Å². The summed E-state index contributed by atoms with van der Waals surface area (Å²) in [4.78, 5) is 0. The van der Waals surface area contributed by atoms with Crippen molar-refractivity contribution in [2.24, 2.45) is 0 Å². The van der Waals surface area contributed by atoms with Crippen molar-refractivity contribution < 1.29 is 9.84 Å². The van der Waals surface area contributed by atoms with Crippen molar-refractivity contribution in [1.29, 1.82) is 0 Å². The van der Waals surface area contributed by atoms with Gasteiger partial charge >= 0.3 is 0 Å². The average molecular weight is 291 g/mol. The number of benzene rings is 1. The second-order valence-electron chi connectivity index (χ2n) is 6.07. The Morgan fingerprint density at radius 3 is 2.57 bits per heavy atom. The highest BCUT2D eigenvalue weighted by Crippen LogP contribution is 2.19. The molecule has 3 nitrogen and oxygen atoms in total. The first kappa shape index (κ1) is 16.3. The number of ether oxygens (including phenoxy) is 1. The van der Waals surface area contributed by atoms with Crippen LogP contribution in [-0.2, 0) is 6.42 Å². The first-order valence-electron chi connectivity index (χ1n) is 8.41. The molecule has 2 rings (SSSR count). The Morgan fingerprint density at radius 1 is 1.14 bits per heavy atom. The van der Waals surface area contributed by atoms with Gasteiger partial charge in [0.2, 0.25) is 0 Å². The fraction of sp³-hybridized carbons (Fsp3) is 0.667. The van der Waals surface area contributed by atoms with Crippen molar-refractivity contribution in [3.63, 3.8) is 0 Å². The molecule has 21 heavy (non-hydrogen) atoms. The molecule has 2 N–H and O–H groups in total. The van der Waals surface area contributed by atoms with Crippen LogP contribution in [0.25, 0.3) is 0 Å². The normalized spacial score (nSPS) is 21.6. The molecule has 1 aliphatic rings. The van der Waals surface area contributed by atoms with Gasteiger partial charge in [-0.2, -0.15) is 0 Å². The topological polar surface area (TPSA) is 41.5 Å². The van der Waals surface area contributed by atoms with E-state index in [1.165, 1.54) is 44.1 Å². The highest BCUT2D eigenvalue weighted by molar-refractivity contribution is 5.27. The van der Waals surface area contributed by atoms with Crippen molar-refractivity contribution in [2.45, 2.75) is 64.0 Å². The van der Waals surface area contributed by atoms with Crippen LogP contribution in [-0.4, -0.2) is 30.4 Å². The summed E-state index contributed by atoms with van der Waals surface area (Å²) in [7, 11) is 0. The van der Waals surface area contributed by atoms with Crippen LogP contribution in [0.3, 0.4) is 0 Å². The predicted octanol–water partition coefficient (Wildman–Crippen LogP) is 3.30. The zero-order valence-electron chi connectivity index (χ0n) is 13.2. The smallest absolute Gasteiger partial charge is 0.119 e. The molecule has 0 amide bonds. The summed E-state index contributed by atoms with van der Waals surface area (Å²) in [6, 6.07) is 8.71. The van der Waals surface area contributed by atoms with Crippen molar-refractivity contribution >= 4 is 0 Å². The number of aliphatic hydroxyl groups excluding tert-OH is 1. The van der Waals surface area contributed by atoms with Crippen molar-refractivity contribution in [1.82, 2.24) is 5.32 Å². The molecule has 118 valence electrons. The lowest BCUT2D eigenvalue weighted by molar-refractivity contribution is 0.206. The first-order valence-corrected chi connectivity index (χ1v) is 8.41. The predicted molar refractivity (Wildman–Crippen MR) is 86.8 cm³/mol. The zero-order valence-corrected chi connectivity index (χ0v) is 13.2. The number of unbranched alkanes of at least 4 members (excludes halogenated alkanes) is 4. The molecule has 1 saturated heterocycles. The lowest BCUT2D eigenvalue weighted by atomic mass is 10.1. The number of nitrogens with one attached hydrogen (secondary N) is 1. The number of hydrogen-bond acceptors (Lipinski definition) is 3. The van der Waals surface area contributed by atoms with Crippen molar-refractivity contribution in [3.8, 4) is 5.75 Å². The van der Waals surface area contributed by atoms with E-state index in [4.69, 9.17) is 9.84 Å². The molecule has 0 bridgehead atoms. The van der Waals surface area contributed by atoms with E-state index < -0.39 is 0 Å². The molecule has 0 unspecified atom stereocenters. The minimum atomic E-state index is 0.182. The van der Waals surface area contributed by atoms with E-state index in [0.29, 0.717) is 0 Å². The van der Waals surface area contributed by atoms with Crippen molar-refractivity contribution in [2.75, 3.05) is 13.2 Å². The van der Waals surface area contributed by atoms with E-state index >= 15 is 0 Å². The summed E-state index contributed by atoms with van der Waals surface area (Å²) < 4.78 is 5.95. The van der Waals surface area contributed by atoms with E-state index in [1.54, 1.807) is 0 Å². The fourth-order valence-electron chi connectivity index (χ4n) is 2.87. The Hall–Kier alpha value is -1.06. The summed E-state index contributed by atoms with van der Waals surface area (Å²) in [6.07, 6.45) is 8.88. The van der Waals surface area contributed by atoms with Gasteiger partial charge in [-0.15, -0.1) is 0 Å². The fourth-order valence-corrected chi connectivity index (χ4v) is 2.87. The van der Waals surface area contributed by atoms with E-state index in [2.05, 4.69) is 36.5 Å². The van der Waals surface area contributed by atoms with Gasteiger partial charge in [-0.05, 0) is 30.5 Å². The number of hydrogen-bond donors (Lipinski definition) is 2. The second-order valence-corrected chi connectivity index (χ2v) is 6.07. The molecular formula is C18H29NO2.